The van der Waals surface area contributed by atoms with Crippen molar-refractivity contribution in [3.05, 3.63) is 51.6 Å². The number of pyridine rings is 1. The van der Waals surface area contributed by atoms with Crippen LogP contribution < -0.4 is 5.32 Å². The van der Waals surface area contributed by atoms with Crippen LogP contribution in [0.25, 0.3) is 0 Å². The number of hydrogen-bond donors (Lipinski definition) is 2. The largest absolute Gasteiger partial charge is 0.506 e. The first-order chi connectivity index (χ1) is 8.56. The predicted molar refractivity (Wildman–Crippen MR) is 73.0 cm³/mol. The van der Waals surface area contributed by atoms with Gasteiger partial charge in [-0.05, 0) is 30.3 Å². The molecule has 18 heavy (non-hydrogen) atoms. The fraction of sp³-hybridized carbons (Fsp3) is 0. The highest BCUT2D eigenvalue weighted by Crippen LogP contribution is 2.24. The fourth-order valence-corrected chi connectivity index (χ4v) is 1.83. The van der Waals surface area contributed by atoms with E-state index in [-0.39, 0.29) is 16.7 Å². The Balaban J connectivity index is 2.19. The number of aromatic nitrogens is 1. The van der Waals surface area contributed by atoms with E-state index in [0.717, 1.165) is 4.47 Å². The van der Waals surface area contributed by atoms with Gasteiger partial charge in [0.25, 0.3) is 5.91 Å². The molecule has 1 amide bonds. The summed E-state index contributed by atoms with van der Waals surface area (Å²) < 4.78 is 0.816. The van der Waals surface area contributed by atoms with Crippen molar-refractivity contribution in [1.29, 1.82) is 0 Å². The summed E-state index contributed by atoms with van der Waals surface area (Å²) in [6.07, 6.45) is 1.57. The van der Waals surface area contributed by atoms with Crippen LogP contribution in [0.5, 0.6) is 5.75 Å². The Morgan fingerprint density at radius 1 is 1.33 bits per heavy atom. The average Bonchev–Trinajstić information content (AvgIpc) is 2.32. The normalized spacial score (nSPS) is 10.1. The Labute approximate surface area is 117 Å². The zero-order valence-electron chi connectivity index (χ0n) is 9.02. The van der Waals surface area contributed by atoms with E-state index in [2.05, 4.69) is 26.2 Å². The molecule has 0 aliphatic carbocycles. The lowest BCUT2D eigenvalue weighted by Gasteiger charge is -2.05. The maximum absolute atomic E-state index is 11.9. The van der Waals surface area contributed by atoms with Crippen LogP contribution in [0, 0.1) is 0 Å². The third kappa shape index (κ3) is 3.00. The zero-order valence-corrected chi connectivity index (χ0v) is 11.4. The minimum atomic E-state index is -0.345. The summed E-state index contributed by atoms with van der Waals surface area (Å²) in [6, 6.07) is 7.68. The van der Waals surface area contributed by atoms with Gasteiger partial charge in [-0.25, -0.2) is 4.98 Å². The molecule has 1 aromatic carbocycles. The van der Waals surface area contributed by atoms with Gasteiger partial charge in [0.05, 0.1) is 5.02 Å². The van der Waals surface area contributed by atoms with E-state index in [0.29, 0.717) is 11.4 Å². The molecule has 1 heterocycles. The first kappa shape index (κ1) is 12.9. The van der Waals surface area contributed by atoms with Crippen molar-refractivity contribution in [2.75, 3.05) is 5.32 Å². The Kier molecular flexibility index (Phi) is 3.84. The van der Waals surface area contributed by atoms with Crippen LogP contribution in [-0.4, -0.2) is 16.0 Å². The smallest absolute Gasteiger partial charge is 0.256 e. The summed E-state index contributed by atoms with van der Waals surface area (Å²) in [6.45, 7) is 0. The van der Waals surface area contributed by atoms with Gasteiger partial charge in [-0.1, -0.05) is 27.5 Å². The van der Waals surface area contributed by atoms with Gasteiger partial charge in [-0.2, -0.15) is 0 Å². The molecule has 0 fully saturated rings. The van der Waals surface area contributed by atoms with E-state index in [1.807, 2.05) is 0 Å². The second-order valence-electron chi connectivity index (χ2n) is 3.48. The van der Waals surface area contributed by atoms with Gasteiger partial charge in [-0.15, -0.1) is 0 Å². The lowest BCUT2D eigenvalue weighted by molar-refractivity contribution is 0.102. The van der Waals surface area contributed by atoms with Crippen molar-refractivity contribution >= 4 is 39.3 Å². The Bertz CT molecular complexity index is 604. The lowest BCUT2D eigenvalue weighted by atomic mass is 10.2. The van der Waals surface area contributed by atoms with Crippen LogP contribution in [-0.2, 0) is 0 Å². The molecule has 6 heteroatoms. The van der Waals surface area contributed by atoms with Crippen molar-refractivity contribution in [1.82, 2.24) is 4.98 Å². The van der Waals surface area contributed by atoms with Crippen molar-refractivity contribution < 1.29 is 9.90 Å². The number of phenolic OH excluding ortho intramolecular Hbond substituents is 1. The summed E-state index contributed by atoms with van der Waals surface area (Å²) in [5.74, 6) is 0.0230. The highest BCUT2D eigenvalue weighted by atomic mass is 79.9. The molecule has 2 rings (SSSR count). The van der Waals surface area contributed by atoms with Gasteiger partial charge in [0, 0.05) is 16.2 Å². The molecule has 92 valence electrons. The number of carbonyl (C=O) groups excluding carboxylic acids is 1. The number of hydrogen-bond acceptors (Lipinski definition) is 3. The topological polar surface area (TPSA) is 62.2 Å². The second-order valence-corrected chi connectivity index (χ2v) is 4.80. The van der Waals surface area contributed by atoms with Crippen molar-refractivity contribution in [2.24, 2.45) is 0 Å². The van der Waals surface area contributed by atoms with Gasteiger partial charge in [0.15, 0.2) is 0 Å². The first-order valence-corrected chi connectivity index (χ1v) is 6.15. The molecule has 0 aliphatic rings. The number of nitrogens with one attached hydrogen (secondary N) is 1. The number of amides is 1. The molecule has 0 spiro atoms. The quantitative estimate of drug-likeness (QED) is 0.888. The molecule has 1 aromatic heterocycles. The first-order valence-electron chi connectivity index (χ1n) is 4.97. The number of benzene rings is 1. The molecule has 0 saturated carbocycles. The van der Waals surface area contributed by atoms with Gasteiger partial charge in [0.1, 0.15) is 11.6 Å². The van der Waals surface area contributed by atoms with E-state index < -0.39 is 0 Å². The minimum absolute atomic E-state index is 0.0613. The Morgan fingerprint density at radius 3 is 2.78 bits per heavy atom. The summed E-state index contributed by atoms with van der Waals surface area (Å²) in [4.78, 5) is 15.9. The molecular weight excluding hydrogens is 320 g/mol. The van der Waals surface area contributed by atoms with Gasteiger partial charge in [-0.3, -0.25) is 4.79 Å². The lowest BCUT2D eigenvalue weighted by Crippen LogP contribution is -2.12. The third-order valence-electron chi connectivity index (χ3n) is 2.17. The van der Waals surface area contributed by atoms with Gasteiger partial charge in [0.2, 0.25) is 0 Å². The van der Waals surface area contributed by atoms with Crippen LogP contribution in [0.2, 0.25) is 5.02 Å². The molecule has 0 saturated heterocycles. The van der Waals surface area contributed by atoms with Crippen LogP contribution in [0.15, 0.2) is 41.0 Å². The Morgan fingerprint density at radius 2 is 2.11 bits per heavy atom. The molecular formula is C12H8BrClN2O2. The number of halogens is 2. The van der Waals surface area contributed by atoms with E-state index in [4.69, 9.17) is 11.6 Å². The Hall–Kier alpha value is -1.59. The fourth-order valence-electron chi connectivity index (χ4n) is 1.31. The number of rotatable bonds is 2. The van der Waals surface area contributed by atoms with E-state index >= 15 is 0 Å². The highest BCUT2D eigenvalue weighted by Gasteiger charge is 2.09. The maximum Gasteiger partial charge on any atom is 0.256 e. The molecule has 2 N–H and O–H groups in total. The minimum Gasteiger partial charge on any atom is -0.506 e. The summed E-state index contributed by atoms with van der Waals surface area (Å²) in [7, 11) is 0. The molecule has 0 atom stereocenters. The van der Waals surface area contributed by atoms with E-state index in [9.17, 15) is 9.90 Å². The van der Waals surface area contributed by atoms with Crippen LogP contribution in [0.4, 0.5) is 5.82 Å². The summed E-state index contributed by atoms with van der Waals surface area (Å²) >= 11 is 9.02. The SMILES string of the molecule is O=C(Nc1cc(Br)ccn1)c1ccc(O)c(Cl)c1. The molecule has 2 aromatic rings. The van der Waals surface area contributed by atoms with Crippen LogP contribution >= 0.6 is 27.5 Å². The average molecular weight is 328 g/mol. The van der Waals surface area contributed by atoms with Crippen molar-refractivity contribution in [3.8, 4) is 5.75 Å². The standard InChI is InChI=1S/C12H8BrClN2O2/c13-8-3-4-15-11(6-8)16-12(18)7-1-2-10(17)9(14)5-7/h1-6,17H,(H,15,16,18). The van der Waals surface area contributed by atoms with Crippen LogP contribution in [0.3, 0.4) is 0 Å². The third-order valence-corrected chi connectivity index (χ3v) is 2.97. The van der Waals surface area contributed by atoms with Crippen molar-refractivity contribution in [2.45, 2.75) is 0 Å². The van der Waals surface area contributed by atoms with E-state index in [1.165, 1.54) is 18.2 Å². The molecule has 0 unspecified atom stereocenters. The number of nitrogens with zero attached hydrogens (tertiary/aromatic N) is 1. The van der Waals surface area contributed by atoms with Gasteiger partial charge < -0.3 is 10.4 Å². The van der Waals surface area contributed by atoms with Crippen LogP contribution in [0.1, 0.15) is 10.4 Å². The number of phenols is 1. The number of carbonyl (C=O) groups is 1. The molecule has 0 bridgehead atoms. The molecule has 0 radical (unpaired) electrons. The zero-order chi connectivity index (χ0) is 13.1. The summed E-state index contributed by atoms with van der Waals surface area (Å²) in [5.41, 5.74) is 0.347. The van der Waals surface area contributed by atoms with Gasteiger partial charge >= 0.3 is 0 Å². The summed E-state index contributed by atoms with van der Waals surface area (Å²) in [5, 5.41) is 12.0. The monoisotopic (exact) mass is 326 g/mol. The highest BCUT2D eigenvalue weighted by molar-refractivity contribution is 9.10. The van der Waals surface area contributed by atoms with Crippen molar-refractivity contribution in [3.63, 3.8) is 0 Å². The maximum atomic E-state index is 11.9. The number of anilines is 1. The predicted octanol–water partition coefficient (Wildman–Crippen LogP) is 3.46. The molecule has 0 aliphatic heterocycles. The number of aromatic hydroxyl groups is 1. The van der Waals surface area contributed by atoms with E-state index in [1.54, 1.807) is 18.3 Å². The second kappa shape index (κ2) is 5.37. The molecule has 4 nitrogen and oxygen atoms in total.